The average molecular weight is 398 g/mol. The van der Waals surface area contributed by atoms with Gasteiger partial charge in [-0.05, 0) is 24.4 Å². The molecule has 2 aromatic heterocycles. The molecule has 4 rings (SSSR count). The molecule has 2 aliphatic rings. The zero-order valence-electron chi connectivity index (χ0n) is 13.9. The molecule has 0 atom stereocenters. The van der Waals surface area contributed by atoms with Gasteiger partial charge in [0.2, 0.25) is 5.28 Å². The van der Waals surface area contributed by atoms with Crippen molar-refractivity contribution in [1.82, 2.24) is 19.9 Å². The van der Waals surface area contributed by atoms with Crippen LogP contribution in [0.15, 0.2) is 11.4 Å². The highest BCUT2D eigenvalue weighted by Crippen LogP contribution is 2.36. The molecule has 134 valence electrons. The monoisotopic (exact) mass is 397 g/mol. The fourth-order valence-corrected chi connectivity index (χ4v) is 5.85. The van der Waals surface area contributed by atoms with E-state index in [-0.39, 0.29) is 5.28 Å². The number of halogens is 1. The Bertz CT molecular complexity index is 751. The minimum absolute atomic E-state index is 0.217. The van der Waals surface area contributed by atoms with Gasteiger partial charge in [0, 0.05) is 5.25 Å². The second kappa shape index (κ2) is 7.82. The minimum atomic E-state index is -0.738. The van der Waals surface area contributed by atoms with Crippen molar-refractivity contribution in [1.29, 1.82) is 0 Å². The summed E-state index contributed by atoms with van der Waals surface area (Å²) >= 11 is 7.27. The minimum Gasteiger partial charge on any atom is -0.616 e. The van der Waals surface area contributed by atoms with Gasteiger partial charge in [0.25, 0.3) is 0 Å². The van der Waals surface area contributed by atoms with Gasteiger partial charge in [-0.1, -0.05) is 30.4 Å². The summed E-state index contributed by atoms with van der Waals surface area (Å²) in [4.78, 5) is 19.9. The van der Waals surface area contributed by atoms with Crippen molar-refractivity contribution in [3.63, 3.8) is 0 Å². The molecule has 3 heterocycles. The van der Waals surface area contributed by atoms with Gasteiger partial charge in [0.05, 0.1) is 13.1 Å². The van der Waals surface area contributed by atoms with Gasteiger partial charge < -0.3 is 9.45 Å². The molecule has 0 spiro atoms. The fourth-order valence-electron chi connectivity index (χ4n) is 3.38. The van der Waals surface area contributed by atoms with Crippen LogP contribution in [0.5, 0.6) is 0 Å². The molecule has 0 N–H and O–H groups in total. The van der Waals surface area contributed by atoms with E-state index in [2.05, 4.69) is 24.8 Å². The first kappa shape index (κ1) is 17.6. The van der Waals surface area contributed by atoms with Crippen molar-refractivity contribution in [2.24, 2.45) is 0 Å². The Balaban J connectivity index is 1.69. The summed E-state index contributed by atoms with van der Waals surface area (Å²) in [5.41, 5.74) is 1.48. The number of nitrogens with zero attached hydrogens (tertiary/aromatic N) is 5. The van der Waals surface area contributed by atoms with Crippen molar-refractivity contribution < 1.29 is 4.55 Å². The van der Waals surface area contributed by atoms with Gasteiger partial charge in [-0.2, -0.15) is 4.98 Å². The van der Waals surface area contributed by atoms with Crippen LogP contribution in [0, 0.1) is 0 Å². The van der Waals surface area contributed by atoms with E-state index in [4.69, 9.17) is 11.6 Å². The maximum Gasteiger partial charge on any atom is 0.225 e. The number of fused-ring (bicyclic) bond motifs is 1. The van der Waals surface area contributed by atoms with E-state index in [1.165, 1.54) is 32.1 Å². The second-order valence-electron chi connectivity index (χ2n) is 6.41. The second-order valence-corrected chi connectivity index (χ2v) is 9.73. The molecule has 0 bridgehead atoms. The number of hydrogen-bond donors (Lipinski definition) is 0. The van der Waals surface area contributed by atoms with E-state index >= 15 is 0 Å². The van der Waals surface area contributed by atoms with E-state index < -0.39 is 11.2 Å². The Morgan fingerprint density at radius 1 is 1.08 bits per heavy atom. The van der Waals surface area contributed by atoms with Crippen LogP contribution < -0.4 is 4.90 Å². The van der Waals surface area contributed by atoms with Crippen LogP contribution in [-0.2, 0) is 11.2 Å². The molecule has 6 nitrogen and oxygen atoms in total. The van der Waals surface area contributed by atoms with E-state index in [9.17, 15) is 4.55 Å². The molecular formula is C16H20ClN5OS2. The molecule has 1 aliphatic heterocycles. The molecule has 9 heteroatoms. The molecule has 1 saturated heterocycles. The summed E-state index contributed by atoms with van der Waals surface area (Å²) in [5.74, 6) is 2.04. The highest BCUT2D eigenvalue weighted by Gasteiger charge is 2.25. The van der Waals surface area contributed by atoms with Gasteiger partial charge >= 0.3 is 0 Å². The molecular weight excluding hydrogens is 378 g/mol. The Labute approximate surface area is 159 Å². The van der Waals surface area contributed by atoms with Crippen molar-refractivity contribution in [2.45, 2.75) is 42.4 Å². The summed E-state index contributed by atoms with van der Waals surface area (Å²) in [6.45, 7) is 1.40. The lowest BCUT2D eigenvalue weighted by atomic mass is 10.0. The van der Waals surface area contributed by atoms with Crippen LogP contribution in [0.3, 0.4) is 0 Å². The average Bonchev–Trinajstić information content (AvgIpc) is 2.63. The molecule has 0 unspecified atom stereocenters. The molecule has 0 aromatic carbocycles. The third-order valence-electron chi connectivity index (χ3n) is 4.71. The molecule has 1 aliphatic carbocycles. The first-order chi connectivity index (χ1) is 12.2. The van der Waals surface area contributed by atoms with E-state index in [0.717, 1.165) is 21.9 Å². The lowest BCUT2D eigenvalue weighted by molar-refractivity contribution is 0.516. The standard InChI is InChI=1S/C16H20ClN5OS2/c17-16-20-13-12(14(21-16)22-6-8-25(23)9-7-22)18-10-19-15(13)24-11-4-2-1-3-5-11/h10-11H,1-9H2. The van der Waals surface area contributed by atoms with Crippen LogP contribution >= 0.6 is 23.4 Å². The third-order valence-corrected chi connectivity index (χ3v) is 7.48. The Morgan fingerprint density at radius 2 is 1.84 bits per heavy atom. The molecule has 25 heavy (non-hydrogen) atoms. The largest absolute Gasteiger partial charge is 0.616 e. The van der Waals surface area contributed by atoms with Gasteiger partial charge in [-0.25, -0.2) is 15.0 Å². The van der Waals surface area contributed by atoms with Gasteiger partial charge in [0.15, 0.2) is 5.82 Å². The SMILES string of the molecule is [O-][S+]1CCN(c2nc(Cl)nc3c(SC4CCCCC4)ncnc23)CC1. The molecule has 0 amide bonds. The maximum absolute atomic E-state index is 11.6. The number of rotatable bonds is 3. The van der Waals surface area contributed by atoms with Crippen LogP contribution in [0.4, 0.5) is 5.82 Å². The van der Waals surface area contributed by atoms with Crippen LogP contribution in [0.25, 0.3) is 11.0 Å². The summed E-state index contributed by atoms with van der Waals surface area (Å²) in [6, 6.07) is 0. The normalized spacial score (nSPS) is 20.3. The smallest absolute Gasteiger partial charge is 0.225 e. The van der Waals surface area contributed by atoms with Crippen molar-refractivity contribution in [3.8, 4) is 0 Å². The Hall–Kier alpha value is -0.830. The van der Waals surface area contributed by atoms with Crippen LogP contribution in [0.1, 0.15) is 32.1 Å². The van der Waals surface area contributed by atoms with Crippen molar-refractivity contribution in [3.05, 3.63) is 11.6 Å². The summed E-state index contributed by atoms with van der Waals surface area (Å²) < 4.78 is 11.6. The Morgan fingerprint density at radius 3 is 2.60 bits per heavy atom. The number of hydrogen-bond acceptors (Lipinski definition) is 7. The zero-order valence-corrected chi connectivity index (χ0v) is 16.2. The lowest BCUT2D eigenvalue weighted by Gasteiger charge is -2.29. The van der Waals surface area contributed by atoms with Gasteiger partial charge in [0.1, 0.15) is 33.9 Å². The summed E-state index contributed by atoms with van der Waals surface area (Å²) in [6.07, 6.45) is 7.94. The summed E-state index contributed by atoms with van der Waals surface area (Å²) in [5, 5.41) is 1.69. The van der Waals surface area contributed by atoms with E-state index in [1.54, 1.807) is 18.1 Å². The van der Waals surface area contributed by atoms with E-state index in [0.29, 0.717) is 29.8 Å². The quantitative estimate of drug-likeness (QED) is 0.447. The van der Waals surface area contributed by atoms with Gasteiger partial charge in [-0.3, -0.25) is 0 Å². The van der Waals surface area contributed by atoms with E-state index in [1.807, 2.05) is 0 Å². The molecule has 1 saturated carbocycles. The zero-order chi connectivity index (χ0) is 17.2. The molecule has 0 radical (unpaired) electrons. The maximum atomic E-state index is 11.6. The highest BCUT2D eigenvalue weighted by atomic mass is 35.5. The first-order valence-corrected chi connectivity index (χ1v) is 11.4. The third kappa shape index (κ3) is 3.97. The summed E-state index contributed by atoms with van der Waals surface area (Å²) in [7, 11) is 0. The van der Waals surface area contributed by atoms with Crippen LogP contribution in [0.2, 0.25) is 5.28 Å². The molecule has 2 fully saturated rings. The highest BCUT2D eigenvalue weighted by molar-refractivity contribution is 8.00. The van der Waals surface area contributed by atoms with Gasteiger partial charge in [-0.15, -0.1) is 11.8 Å². The first-order valence-electron chi connectivity index (χ1n) is 8.65. The Kier molecular flexibility index (Phi) is 5.50. The number of thioether (sulfide) groups is 1. The fraction of sp³-hybridized carbons (Fsp3) is 0.625. The van der Waals surface area contributed by atoms with Crippen molar-refractivity contribution >= 4 is 51.4 Å². The molecule has 2 aromatic rings. The predicted octanol–water partition coefficient (Wildman–Crippen LogP) is 3.07. The lowest BCUT2D eigenvalue weighted by Crippen LogP contribution is -2.41. The van der Waals surface area contributed by atoms with Crippen LogP contribution in [-0.4, -0.2) is 54.3 Å². The number of aromatic nitrogens is 4. The van der Waals surface area contributed by atoms with Crippen molar-refractivity contribution in [2.75, 3.05) is 29.5 Å². The predicted molar refractivity (Wildman–Crippen MR) is 103 cm³/mol. The topological polar surface area (TPSA) is 77.9 Å². The number of anilines is 1.